The van der Waals surface area contributed by atoms with Crippen LogP contribution in [0.4, 0.5) is 4.79 Å². The molecule has 0 aromatic rings. The molecule has 0 aromatic heterocycles. The van der Waals surface area contributed by atoms with Gasteiger partial charge in [-0.25, -0.2) is 9.59 Å². The van der Waals surface area contributed by atoms with Gasteiger partial charge < -0.3 is 25.2 Å². The number of urea groups is 1. The van der Waals surface area contributed by atoms with Crippen molar-refractivity contribution < 1.29 is 24.5 Å². The van der Waals surface area contributed by atoms with Crippen LogP contribution >= 0.6 is 0 Å². The minimum Gasteiger partial charge on any atom is -0.480 e. The summed E-state index contributed by atoms with van der Waals surface area (Å²) in [6, 6.07) is -0.364. The molecule has 0 radical (unpaired) electrons. The lowest BCUT2D eigenvalue weighted by Gasteiger charge is -2.35. The number of aliphatic hydroxyl groups is 1. The van der Waals surface area contributed by atoms with Gasteiger partial charge in [0.1, 0.15) is 5.54 Å². The highest BCUT2D eigenvalue weighted by Crippen LogP contribution is 2.24. The number of nitrogens with zero attached hydrogens (tertiary/aromatic N) is 1. The maximum atomic E-state index is 12.4. The van der Waals surface area contributed by atoms with E-state index in [0.717, 1.165) is 0 Å². The zero-order chi connectivity index (χ0) is 15.5. The standard InChI is InChI=1S/C14H24N2O5/c1-13(20)3-2-7-16(8-4-13)12(19)15-14(11(17)18)5-9-21-10-6-14/h20H,2-10H2,1H3,(H,15,19)(H,17,18). The molecule has 0 saturated carbocycles. The molecule has 0 aliphatic carbocycles. The smallest absolute Gasteiger partial charge is 0.329 e. The molecule has 3 N–H and O–H groups in total. The van der Waals surface area contributed by atoms with Crippen molar-refractivity contribution in [1.29, 1.82) is 0 Å². The Kier molecular flexibility index (Phi) is 4.73. The number of amides is 2. The van der Waals surface area contributed by atoms with Gasteiger partial charge in [0.25, 0.3) is 0 Å². The molecule has 2 heterocycles. The number of rotatable bonds is 2. The number of carbonyl (C=O) groups excluding carboxylic acids is 1. The number of carboxylic acid groups (broad SMARTS) is 1. The van der Waals surface area contributed by atoms with Crippen LogP contribution < -0.4 is 5.32 Å². The Bertz CT molecular complexity index is 404. The molecule has 0 aromatic carbocycles. The van der Waals surface area contributed by atoms with Crippen LogP contribution in [0.2, 0.25) is 0 Å². The Balaban J connectivity index is 2.00. The molecule has 0 spiro atoms. The lowest BCUT2D eigenvalue weighted by atomic mass is 9.90. The van der Waals surface area contributed by atoms with E-state index >= 15 is 0 Å². The van der Waals surface area contributed by atoms with E-state index in [0.29, 0.717) is 45.6 Å². The summed E-state index contributed by atoms with van der Waals surface area (Å²) in [6.07, 6.45) is 2.42. The van der Waals surface area contributed by atoms with Gasteiger partial charge in [-0.05, 0) is 26.2 Å². The van der Waals surface area contributed by atoms with Crippen molar-refractivity contribution in [3.63, 3.8) is 0 Å². The lowest BCUT2D eigenvalue weighted by molar-refractivity contribution is -0.148. The second kappa shape index (κ2) is 6.19. The van der Waals surface area contributed by atoms with Crippen LogP contribution in [0.15, 0.2) is 0 Å². The van der Waals surface area contributed by atoms with E-state index in [4.69, 9.17) is 4.74 Å². The molecule has 21 heavy (non-hydrogen) atoms. The largest absolute Gasteiger partial charge is 0.480 e. The minimum atomic E-state index is -1.23. The van der Waals surface area contributed by atoms with Gasteiger partial charge in [0.05, 0.1) is 5.60 Å². The summed E-state index contributed by atoms with van der Waals surface area (Å²) in [6.45, 7) is 3.41. The molecule has 2 fully saturated rings. The summed E-state index contributed by atoms with van der Waals surface area (Å²) < 4.78 is 5.19. The maximum Gasteiger partial charge on any atom is 0.329 e. The van der Waals surface area contributed by atoms with Crippen LogP contribution in [-0.4, -0.2) is 64.6 Å². The summed E-state index contributed by atoms with van der Waals surface area (Å²) in [7, 11) is 0. The zero-order valence-electron chi connectivity index (χ0n) is 12.4. The molecular formula is C14H24N2O5. The average Bonchev–Trinajstić information content (AvgIpc) is 2.60. The van der Waals surface area contributed by atoms with Crippen LogP contribution in [-0.2, 0) is 9.53 Å². The van der Waals surface area contributed by atoms with E-state index in [1.54, 1.807) is 11.8 Å². The normalized spacial score (nSPS) is 29.5. The van der Waals surface area contributed by atoms with Gasteiger partial charge in [-0.1, -0.05) is 0 Å². The highest BCUT2D eigenvalue weighted by atomic mass is 16.5. The molecule has 2 rings (SSSR count). The fourth-order valence-corrected chi connectivity index (χ4v) is 2.86. The fraction of sp³-hybridized carbons (Fsp3) is 0.857. The molecule has 2 aliphatic heterocycles. The van der Waals surface area contributed by atoms with Crippen molar-refractivity contribution in [2.75, 3.05) is 26.3 Å². The van der Waals surface area contributed by atoms with Crippen molar-refractivity contribution in [1.82, 2.24) is 10.2 Å². The molecule has 2 saturated heterocycles. The third kappa shape index (κ3) is 3.85. The molecule has 1 atom stereocenters. The monoisotopic (exact) mass is 300 g/mol. The number of ether oxygens (including phenoxy) is 1. The molecule has 7 nitrogen and oxygen atoms in total. The van der Waals surface area contributed by atoms with Crippen molar-refractivity contribution in [2.24, 2.45) is 0 Å². The molecule has 2 amide bonds. The Labute approximate surface area is 124 Å². The summed E-state index contributed by atoms with van der Waals surface area (Å²) in [5.74, 6) is -1.01. The molecular weight excluding hydrogens is 276 g/mol. The second-order valence-corrected chi connectivity index (χ2v) is 6.27. The van der Waals surface area contributed by atoms with Gasteiger partial charge in [-0.3, -0.25) is 0 Å². The number of aliphatic carboxylic acids is 1. The number of hydrogen-bond donors (Lipinski definition) is 3. The molecule has 0 bridgehead atoms. The Morgan fingerprint density at radius 3 is 2.43 bits per heavy atom. The first-order valence-electron chi connectivity index (χ1n) is 7.45. The Morgan fingerprint density at radius 1 is 1.14 bits per heavy atom. The predicted octanol–water partition coefficient (Wildman–Crippen LogP) is 0.567. The van der Waals surface area contributed by atoms with Gasteiger partial charge in [0.2, 0.25) is 0 Å². The quantitative estimate of drug-likeness (QED) is 0.692. The van der Waals surface area contributed by atoms with Crippen molar-refractivity contribution in [3.8, 4) is 0 Å². The van der Waals surface area contributed by atoms with Crippen LogP contribution in [0.5, 0.6) is 0 Å². The van der Waals surface area contributed by atoms with E-state index in [2.05, 4.69) is 5.32 Å². The van der Waals surface area contributed by atoms with Crippen molar-refractivity contribution in [3.05, 3.63) is 0 Å². The first-order valence-corrected chi connectivity index (χ1v) is 7.45. The lowest BCUT2D eigenvalue weighted by Crippen LogP contribution is -2.60. The van der Waals surface area contributed by atoms with Crippen LogP contribution in [0, 0.1) is 0 Å². The number of carbonyl (C=O) groups is 2. The maximum absolute atomic E-state index is 12.4. The SMILES string of the molecule is CC1(O)CCCN(C(=O)NC2(C(=O)O)CCOCC2)CC1. The number of likely N-dealkylation sites (tertiary alicyclic amines) is 1. The minimum absolute atomic E-state index is 0.277. The first kappa shape index (κ1) is 16.0. The number of hydrogen-bond acceptors (Lipinski definition) is 4. The number of carboxylic acids is 1. The third-order valence-electron chi connectivity index (χ3n) is 4.45. The van der Waals surface area contributed by atoms with Gasteiger partial charge in [0, 0.05) is 39.1 Å². The van der Waals surface area contributed by atoms with E-state index in [1.165, 1.54) is 0 Å². The second-order valence-electron chi connectivity index (χ2n) is 6.27. The van der Waals surface area contributed by atoms with Crippen molar-refractivity contribution in [2.45, 2.75) is 50.2 Å². The summed E-state index contributed by atoms with van der Waals surface area (Å²) >= 11 is 0. The predicted molar refractivity (Wildman–Crippen MR) is 75.0 cm³/mol. The summed E-state index contributed by atoms with van der Waals surface area (Å²) in [5, 5.41) is 22.2. The van der Waals surface area contributed by atoms with Crippen LogP contribution in [0.25, 0.3) is 0 Å². The fourth-order valence-electron chi connectivity index (χ4n) is 2.86. The highest BCUT2D eigenvalue weighted by Gasteiger charge is 2.42. The Hall–Kier alpha value is -1.34. The van der Waals surface area contributed by atoms with Gasteiger partial charge in [0.15, 0.2) is 0 Å². The van der Waals surface area contributed by atoms with Gasteiger partial charge >= 0.3 is 12.0 Å². The van der Waals surface area contributed by atoms with Crippen LogP contribution in [0.3, 0.4) is 0 Å². The van der Waals surface area contributed by atoms with Gasteiger partial charge in [-0.2, -0.15) is 0 Å². The third-order valence-corrected chi connectivity index (χ3v) is 4.45. The average molecular weight is 300 g/mol. The molecule has 120 valence electrons. The topological polar surface area (TPSA) is 99.1 Å². The molecule has 7 heteroatoms. The summed E-state index contributed by atoms with van der Waals surface area (Å²) in [5.41, 5.74) is -1.98. The van der Waals surface area contributed by atoms with Crippen LogP contribution in [0.1, 0.15) is 39.0 Å². The summed E-state index contributed by atoms with van der Waals surface area (Å²) in [4.78, 5) is 25.5. The number of nitrogens with one attached hydrogen (secondary N) is 1. The first-order chi connectivity index (χ1) is 9.85. The van der Waals surface area contributed by atoms with E-state index in [1.807, 2.05) is 0 Å². The van der Waals surface area contributed by atoms with E-state index in [9.17, 15) is 19.8 Å². The zero-order valence-corrected chi connectivity index (χ0v) is 12.4. The van der Waals surface area contributed by atoms with E-state index < -0.39 is 17.1 Å². The highest BCUT2D eigenvalue weighted by molar-refractivity contribution is 5.86. The molecule has 1 unspecified atom stereocenters. The van der Waals surface area contributed by atoms with Gasteiger partial charge in [-0.15, -0.1) is 0 Å². The Morgan fingerprint density at radius 2 is 1.81 bits per heavy atom. The van der Waals surface area contributed by atoms with E-state index in [-0.39, 0.29) is 18.9 Å². The molecule has 2 aliphatic rings. The van der Waals surface area contributed by atoms with Crippen molar-refractivity contribution >= 4 is 12.0 Å².